The summed E-state index contributed by atoms with van der Waals surface area (Å²) >= 11 is 0. The summed E-state index contributed by atoms with van der Waals surface area (Å²) in [6.45, 7) is 5.60. The fraction of sp³-hybridized carbons (Fsp3) is 0.600. The van der Waals surface area contributed by atoms with Crippen molar-refractivity contribution in [2.24, 2.45) is 0 Å². The van der Waals surface area contributed by atoms with Crippen LogP contribution in [0.1, 0.15) is 38.3 Å². The highest BCUT2D eigenvalue weighted by atomic mass is 19.1. The number of rotatable bonds is 3. The Bertz CT molecular complexity index is 377. The Morgan fingerprint density at radius 1 is 1.33 bits per heavy atom. The summed E-state index contributed by atoms with van der Waals surface area (Å²) in [6.07, 6.45) is 2.37. The molecule has 1 saturated heterocycles. The Balaban J connectivity index is 2.05. The van der Waals surface area contributed by atoms with Crippen molar-refractivity contribution in [3.8, 4) is 0 Å². The normalized spacial score (nSPS) is 27.1. The molecule has 2 rings (SSSR count). The van der Waals surface area contributed by atoms with E-state index in [1.165, 1.54) is 18.4 Å². The number of piperidine rings is 1. The molecule has 1 heterocycles. The lowest BCUT2D eigenvalue weighted by Crippen LogP contribution is -2.47. The molecule has 0 aliphatic carbocycles. The number of hydrogen-bond donors (Lipinski definition) is 1. The molecule has 0 saturated carbocycles. The summed E-state index contributed by atoms with van der Waals surface area (Å²) < 4.78 is 12.9. The molecule has 0 bridgehead atoms. The van der Waals surface area contributed by atoms with Crippen LogP contribution in [0.5, 0.6) is 0 Å². The standard InChI is InChI=1S/C15H23FN2/c1-11-10-15(17-3)8-9-18(11)12(2)13-4-6-14(16)7-5-13/h4-7,11-12,15,17H,8-10H2,1-3H3. The molecule has 0 radical (unpaired) electrons. The van der Waals surface area contributed by atoms with Crippen LogP contribution in [0.15, 0.2) is 24.3 Å². The van der Waals surface area contributed by atoms with Crippen LogP contribution in [-0.4, -0.2) is 30.6 Å². The van der Waals surface area contributed by atoms with Gasteiger partial charge in [0.15, 0.2) is 0 Å². The van der Waals surface area contributed by atoms with E-state index in [-0.39, 0.29) is 5.82 Å². The number of hydrogen-bond acceptors (Lipinski definition) is 2. The summed E-state index contributed by atoms with van der Waals surface area (Å²) in [5.41, 5.74) is 1.20. The van der Waals surface area contributed by atoms with Gasteiger partial charge in [0.2, 0.25) is 0 Å². The van der Waals surface area contributed by atoms with Crippen molar-refractivity contribution >= 4 is 0 Å². The average molecular weight is 250 g/mol. The third-order valence-electron chi connectivity index (χ3n) is 4.19. The average Bonchev–Trinajstić information content (AvgIpc) is 2.38. The third-order valence-corrected chi connectivity index (χ3v) is 4.19. The van der Waals surface area contributed by atoms with Gasteiger partial charge >= 0.3 is 0 Å². The van der Waals surface area contributed by atoms with Gasteiger partial charge in [-0.05, 0) is 51.4 Å². The maximum Gasteiger partial charge on any atom is 0.123 e. The Kier molecular flexibility index (Phi) is 4.36. The molecule has 3 heteroatoms. The van der Waals surface area contributed by atoms with E-state index in [0.717, 1.165) is 6.54 Å². The second-order valence-electron chi connectivity index (χ2n) is 5.32. The minimum atomic E-state index is -0.159. The van der Waals surface area contributed by atoms with Gasteiger partial charge in [0.1, 0.15) is 5.82 Å². The topological polar surface area (TPSA) is 15.3 Å². The zero-order valence-corrected chi connectivity index (χ0v) is 11.5. The van der Waals surface area contributed by atoms with Crippen LogP contribution in [-0.2, 0) is 0 Å². The minimum Gasteiger partial charge on any atom is -0.317 e. The predicted molar refractivity (Wildman–Crippen MR) is 73.1 cm³/mol. The van der Waals surface area contributed by atoms with Crippen molar-refractivity contribution in [2.45, 2.75) is 44.8 Å². The lowest BCUT2D eigenvalue weighted by molar-refractivity contribution is 0.0974. The van der Waals surface area contributed by atoms with E-state index in [9.17, 15) is 4.39 Å². The zero-order chi connectivity index (χ0) is 13.1. The van der Waals surface area contributed by atoms with Gasteiger partial charge in [-0.1, -0.05) is 12.1 Å². The van der Waals surface area contributed by atoms with Crippen molar-refractivity contribution in [3.63, 3.8) is 0 Å². The van der Waals surface area contributed by atoms with Gasteiger partial charge in [-0.15, -0.1) is 0 Å². The first kappa shape index (κ1) is 13.5. The highest BCUT2D eigenvalue weighted by Gasteiger charge is 2.28. The maximum absolute atomic E-state index is 12.9. The van der Waals surface area contributed by atoms with Gasteiger partial charge in [0.05, 0.1) is 0 Å². The van der Waals surface area contributed by atoms with Gasteiger partial charge < -0.3 is 5.32 Å². The van der Waals surface area contributed by atoms with E-state index in [1.54, 1.807) is 12.1 Å². The minimum absolute atomic E-state index is 0.159. The SMILES string of the molecule is CNC1CCN(C(C)c2ccc(F)cc2)C(C)C1. The van der Waals surface area contributed by atoms with E-state index in [0.29, 0.717) is 18.1 Å². The van der Waals surface area contributed by atoms with Crippen molar-refractivity contribution in [2.75, 3.05) is 13.6 Å². The first-order valence-electron chi connectivity index (χ1n) is 6.80. The number of nitrogens with one attached hydrogen (secondary N) is 1. The first-order valence-corrected chi connectivity index (χ1v) is 6.80. The number of benzene rings is 1. The third kappa shape index (κ3) is 2.90. The highest BCUT2D eigenvalue weighted by molar-refractivity contribution is 5.19. The molecule has 1 fully saturated rings. The molecule has 18 heavy (non-hydrogen) atoms. The molecular formula is C15H23FN2. The Morgan fingerprint density at radius 2 is 2.00 bits per heavy atom. The quantitative estimate of drug-likeness (QED) is 0.887. The molecular weight excluding hydrogens is 227 g/mol. The zero-order valence-electron chi connectivity index (χ0n) is 11.5. The number of halogens is 1. The molecule has 100 valence electrons. The van der Waals surface area contributed by atoms with Crippen LogP contribution in [0.3, 0.4) is 0 Å². The number of nitrogens with zero attached hydrogens (tertiary/aromatic N) is 1. The Hall–Kier alpha value is -0.930. The second kappa shape index (κ2) is 5.81. The van der Waals surface area contributed by atoms with Crippen molar-refractivity contribution in [1.29, 1.82) is 0 Å². The van der Waals surface area contributed by atoms with Gasteiger partial charge in [0, 0.05) is 24.7 Å². The lowest BCUT2D eigenvalue weighted by atomic mass is 9.95. The summed E-state index contributed by atoms with van der Waals surface area (Å²) in [7, 11) is 2.04. The summed E-state index contributed by atoms with van der Waals surface area (Å²) in [5, 5.41) is 3.36. The van der Waals surface area contributed by atoms with Crippen LogP contribution in [0.4, 0.5) is 4.39 Å². The highest BCUT2D eigenvalue weighted by Crippen LogP contribution is 2.28. The van der Waals surface area contributed by atoms with Crippen LogP contribution in [0.25, 0.3) is 0 Å². The van der Waals surface area contributed by atoms with E-state index in [4.69, 9.17) is 0 Å². The van der Waals surface area contributed by atoms with Gasteiger partial charge in [0.25, 0.3) is 0 Å². The van der Waals surface area contributed by atoms with Gasteiger partial charge in [-0.25, -0.2) is 4.39 Å². The lowest BCUT2D eigenvalue weighted by Gasteiger charge is -2.41. The summed E-state index contributed by atoms with van der Waals surface area (Å²) in [6, 6.07) is 8.47. The van der Waals surface area contributed by atoms with Gasteiger partial charge in [-0.3, -0.25) is 4.90 Å². The van der Waals surface area contributed by atoms with E-state index in [2.05, 4.69) is 24.1 Å². The van der Waals surface area contributed by atoms with Crippen molar-refractivity contribution in [1.82, 2.24) is 10.2 Å². The fourth-order valence-electron chi connectivity index (χ4n) is 2.96. The molecule has 0 spiro atoms. The van der Waals surface area contributed by atoms with Crippen LogP contribution < -0.4 is 5.32 Å². The van der Waals surface area contributed by atoms with E-state index in [1.807, 2.05) is 19.2 Å². The largest absolute Gasteiger partial charge is 0.317 e. The monoisotopic (exact) mass is 250 g/mol. The molecule has 3 unspecified atom stereocenters. The predicted octanol–water partition coefficient (Wildman–Crippen LogP) is 2.96. The van der Waals surface area contributed by atoms with Gasteiger partial charge in [-0.2, -0.15) is 0 Å². The van der Waals surface area contributed by atoms with Crippen molar-refractivity contribution in [3.05, 3.63) is 35.6 Å². The first-order chi connectivity index (χ1) is 8.61. The molecule has 1 aromatic rings. The molecule has 1 aliphatic rings. The molecule has 1 aliphatic heterocycles. The number of likely N-dealkylation sites (tertiary alicyclic amines) is 1. The maximum atomic E-state index is 12.9. The van der Waals surface area contributed by atoms with E-state index >= 15 is 0 Å². The molecule has 1 aromatic carbocycles. The van der Waals surface area contributed by atoms with E-state index < -0.39 is 0 Å². The Morgan fingerprint density at radius 3 is 2.56 bits per heavy atom. The molecule has 0 aromatic heterocycles. The van der Waals surface area contributed by atoms with Crippen LogP contribution in [0.2, 0.25) is 0 Å². The molecule has 1 N–H and O–H groups in total. The summed E-state index contributed by atoms with van der Waals surface area (Å²) in [5.74, 6) is -0.159. The van der Waals surface area contributed by atoms with Crippen LogP contribution >= 0.6 is 0 Å². The molecule has 2 nitrogen and oxygen atoms in total. The fourth-order valence-corrected chi connectivity index (χ4v) is 2.96. The Labute approximate surface area is 109 Å². The molecule has 0 amide bonds. The smallest absolute Gasteiger partial charge is 0.123 e. The molecule has 3 atom stereocenters. The summed E-state index contributed by atoms with van der Waals surface area (Å²) in [4.78, 5) is 2.51. The van der Waals surface area contributed by atoms with Crippen molar-refractivity contribution < 1.29 is 4.39 Å². The second-order valence-corrected chi connectivity index (χ2v) is 5.32. The van der Waals surface area contributed by atoms with Crippen LogP contribution in [0, 0.1) is 5.82 Å².